The lowest BCUT2D eigenvalue weighted by Gasteiger charge is -2.29. The van der Waals surface area contributed by atoms with E-state index < -0.39 is 0 Å². The number of likely N-dealkylation sites (tertiary alicyclic amines) is 1. The maximum absolute atomic E-state index is 4.42. The van der Waals surface area contributed by atoms with E-state index >= 15 is 0 Å². The third kappa shape index (κ3) is 6.78. The van der Waals surface area contributed by atoms with Gasteiger partial charge in [-0.25, -0.2) is 0 Å². The number of hydrogen-bond donors (Lipinski definition) is 2. The largest absolute Gasteiger partial charge is 0.368 e. The van der Waals surface area contributed by atoms with Gasteiger partial charge >= 0.3 is 0 Å². The quantitative estimate of drug-likeness (QED) is 0.335. The Hall–Kier alpha value is -0.540. The van der Waals surface area contributed by atoms with Gasteiger partial charge < -0.3 is 20.4 Å². The van der Waals surface area contributed by atoms with Crippen molar-refractivity contribution in [3.8, 4) is 0 Å². The van der Waals surface area contributed by atoms with E-state index in [0.717, 1.165) is 37.9 Å². The fraction of sp³-hybridized carbons (Fsp3) is 0.650. The normalized spacial score (nSPS) is 21.8. The van der Waals surface area contributed by atoms with Gasteiger partial charge in [-0.2, -0.15) is 0 Å². The fourth-order valence-electron chi connectivity index (χ4n) is 3.94. The molecule has 5 nitrogen and oxygen atoms in total. The predicted octanol–water partition coefficient (Wildman–Crippen LogP) is 3.54. The minimum absolute atomic E-state index is 0. The number of nitrogens with one attached hydrogen (secondary N) is 2. The zero-order chi connectivity index (χ0) is 18.4. The molecule has 1 aromatic carbocycles. The Morgan fingerprint density at radius 2 is 1.93 bits per heavy atom. The van der Waals surface area contributed by atoms with Gasteiger partial charge in [0.2, 0.25) is 0 Å². The molecule has 1 aromatic rings. The molecule has 2 saturated heterocycles. The minimum Gasteiger partial charge on any atom is -0.368 e. The molecule has 0 saturated carbocycles. The summed E-state index contributed by atoms with van der Waals surface area (Å²) in [6.45, 7) is 5.58. The third-order valence-electron chi connectivity index (χ3n) is 5.63. The summed E-state index contributed by atoms with van der Waals surface area (Å²) in [5.41, 5.74) is 1.28. The SMILES string of the molecule is CN=C(NCCC1CCN(C)CC1)NC1CCN(c2ccccc2Br)C1.I. The molecule has 27 heavy (non-hydrogen) atoms. The van der Waals surface area contributed by atoms with Crippen molar-refractivity contribution in [1.29, 1.82) is 0 Å². The van der Waals surface area contributed by atoms with Gasteiger partial charge in [-0.15, -0.1) is 24.0 Å². The average Bonchev–Trinajstić information content (AvgIpc) is 3.11. The fourth-order valence-corrected chi connectivity index (χ4v) is 4.47. The number of piperidine rings is 1. The second-order valence-corrected chi connectivity index (χ2v) is 8.42. The van der Waals surface area contributed by atoms with E-state index in [1.807, 2.05) is 7.05 Å². The number of guanidine groups is 1. The second-order valence-electron chi connectivity index (χ2n) is 7.56. The molecule has 0 bridgehead atoms. The monoisotopic (exact) mass is 549 g/mol. The van der Waals surface area contributed by atoms with E-state index in [9.17, 15) is 0 Å². The van der Waals surface area contributed by atoms with E-state index in [1.54, 1.807) is 0 Å². The molecular weight excluding hydrogens is 517 g/mol. The molecule has 2 heterocycles. The highest BCUT2D eigenvalue weighted by Crippen LogP contribution is 2.28. The van der Waals surface area contributed by atoms with Gasteiger partial charge in [0, 0.05) is 37.2 Å². The maximum Gasteiger partial charge on any atom is 0.191 e. The molecule has 0 amide bonds. The van der Waals surface area contributed by atoms with Gasteiger partial charge in [-0.3, -0.25) is 4.99 Å². The molecule has 2 fully saturated rings. The van der Waals surface area contributed by atoms with Crippen LogP contribution in [-0.2, 0) is 0 Å². The summed E-state index contributed by atoms with van der Waals surface area (Å²) in [5.74, 6) is 1.80. The van der Waals surface area contributed by atoms with Crippen molar-refractivity contribution in [3.05, 3.63) is 28.7 Å². The Balaban J connectivity index is 0.00000261. The summed E-state index contributed by atoms with van der Waals surface area (Å²) in [7, 11) is 4.09. The molecule has 1 unspecified atom stereocenters. The van der Waals surface area contributed by atoms with Gasteiger partial charge in [-0.05, 0) is 79.8 Å². The van der Waals surface area contributed by atoms with Crippen molar-refractivity contribution in [3.63, 3.8) is 0 Å². The Bertz CT molecular complexity index is 604. The molecule has 1 atom stereocenters. The zero-order valence-corrected chi connectivity index (χ0v) is 20.4. The van der Waals surface area contributed by atoms with E-state index in [1.165, 1.54) is 42.5 Å². The molecule has 0 aliphatic carbocycles. The Morgan fingerprint density at radius 3 is 2.63 bits per heavy atom. The van der Waals surface area contributed by atoms with Gasteiger partial charge in [0.15, 0.2) is 5.96 Å². The van der Waals surface area contributed by atoms with Crippen LogP contribution in [0, 0.1) is 5.92 Å². The van der Waals surface area contributed by atoms with Crippen molar-refractivity contribution >= 4 is 51.6 Å². The number of anilines is 1. The molecule has 0 aromatic heterocycles. The lowest BCUT2D eigenvalue weighted by Crippen LogP contribution is -2.45. The highest BCUT2D eigenvalue weighted by Gasteiger charge is 2.24. The Labute approximate surface area is 189 Å². The highest BCUT2D eigenvalue weighted by atomic mass is 127. The summed E-state index contributed by atoms with van der Waals surface area (Å²) < 4.78 is 1.17. The number of rotatable bonds is 5. The van der Waals surface area contributed by atoms with E-state index in [2.05, 4.69) is 72.7 Å². The first-order valence-electron chi connectivity index (χ1n) is 9.81. The summed E-state index contributed by atoms with van der Waals surface area (Å²) in [6.07, 6.45) is 5.03. The van der Waals surface area contributed by atoms with Crippen molar-refractivity contribution in [2.45, 2.75) is 31.7 Å². The smallest absolute Gasteiger partial charge is 0.191 e. The maximum atomic E-state index is 4.42. The average molecular weight is 550 g/mol. The number of para-hydroxylation sites is 1. The van der Waals surface area contributed by atoms with Crippen LogP contribution in [0.25, 0.3) is 0 Å². The number of nitrogens with zero attached hydrogens (tertiary/aromatic N) is 3. The minimum atomic E-state index is 0. The molecule has 0 radical (unpaired) electrons. The Kier molecular flexibility index (Phi) is 9.65. The third-order valence-corrected chi connectivity index (χ3v) is 6.30. The molecule has 152 valence electrons. The van der Waals surface area contributed by atoms with Crippen molar-refractivity contribution in [2.75, 3.05) is 51.7 Å². The molecule has 2 N–H and O–H groups in total. The van der Waals surface area contributed by atoms with Crippen LogP contribution in [0.4, 0.5) is 5.69 Å². The predicted molar refractivity (Wildman–Crippen MR) is 130 cm³/mol. The van der Waals surface area contributed by atoms with Crippen LogP contribution in [-0.4, -0.2) is 63.7 Å². The van der Waals surface area contributed by atoms with E-state index in [4.69, 9.17) is 0 Å². The van der Waals surface area contributed by atoms with Crippen LogP contribution in [0.15, 0.2) is 33.7 Å². The first kappa shape index (κ1) is 22.7. The summed E-state index contributed by atoms with van der Waals surface area (Å²) >= 11 is 3.67. The summed E-state index contributed by atoms with van der Waals surface area (Å²) in [6, 6.07) is 8.90. The molecule has 2 aliphatic heterocycles. The van der Waals surface area contributed by atoms with E-state index in [-0.39, 0.29) is 24.0 Å². The first-order valence-corrected chi connectivity index (χ1v) is 10.6. The lowest BCUT2D eigenvalue weighted by molar-refractivity contribution is 0.213. The van der Waals surface area contributed by atoms with Crippen LogP contribution in [0.5, 0.6) is 0 Å². The van der Waals surface area contributed by atoms with Crippen molar-refractivity contribution in [2.24, 2.45) is 10.9 Å². The van der Waals surface area contributed by atoms with Crippen LogP contribution in [0.1, 0.15) is 25.7 Å². The van der Waals surface area contributed by atoms with Gasteiger partial charge in [0.05, 0.1) is 5.69 Å². The molecule has 2 aliphatic rings. The van der Waals surface area contributed by atoms with Crippen LogP contribution >= 0.6 is 39.9 Å². The van der Waals surface area contributed by atoms with E-state index in [0.29, 0.717) is 6.04 Å². The van der Waals surface area contributed by atoms with Gasteiger partial charge in [0.1, 0.15) is 0 Å². The zero-order valence-electron chi connectivity index (χ0n) is 16.5. The van der Waals surface area contributed by atoms with Crippen molar-refractivity contribution in [1.82, 2.24) is 15.5 Å². The van der Waals surface area contributed by atoms with Crippen LogP contribution in [0.2, 0.25) is 0 Å². The Morgan fingerprint density at radius 1 is 1.19 bits per heavy atom. The number of hydrogen-bond acceptors (Lipinski definition) is 3. The number of benzene rings is 1. The summed E-state index contributed by atoms with van der Waals surface area (Å²) in [4.78, 5) is 9.29. The standard InChI is InChI=1S/C20H32BrN5.HI/c1-22-20(23-11-7-16-8-12-25(2)13-9-16)24-17-10-14-26(15-17)19-6-4-3-5-18(19)21;/h3-6,16-17H,7-15H2,1-2H3,(H2,22,23,24);1H. The molecular formula is C20H33BrIN5. The van der Waals surface area contributed by atoms with Gasteiger partial charge in [-0.1, -0.05) is 12.1 Å². The molecule has 7 heteroatoms. The summed E-state index contributed by atoms with van der Waals surface area (Å²) in [5, 5.41) is 7.12. The van der Waals surface area contributed by atoms with Crippen LogP contribution < -0.4 is 15.5 Å². The second kappa shape index (κ2) is 11.5. The number of aliphatic imine (C=N–C) groups is 1. The molecule has 3 rings (SSSR count). The lowest BCUT2D eigenvalue weighted by atomic mass is 9.94. The highest BCUT2D eigenvalue weighted by molar-refractivity contribution is 14.0. The van der Waals surface area contributed by atoms with Crippen LogP contribution in [0.3, 0.4) is 0 Å². The number of halogens is 2. The van der Waals surface area contributed by atoms with Gasteiger partial charge in [0.25, 0.3) is 0 Å². The molecule has 0 spiro atoms. The van der Waals surface area contributed by atoms with Crippen molar-refractivity contribution < 1.29 is 0 Å². The first-order chi connectivity index (χ1) is 12.7. The topological polar surface area (TPSA) is 42.9 Å².